The summed E-state index contributed by atoms with van der Waals surface area (Å²) in [4.78, 5) is 38.4. The Kier molecular flexibility index (Phi) is 6.82. The van der Waals surface area contributed by atoms with E-state index in [2.05, 4.69) is 15.2 Å². The van der Waals surface area contributed by atoms with Crippen LogP contribution in [0.4, 0.5) is 13.2 Å². The molecular weight excluding hydrogens is 479 g/mol. The molecule has 1 aliphatic rings. The highest BCUT2D eigenvalue weighted by molar-refractivity contribution is 5.95. The predicted octanol–water partition coefficient (Wildman–Crippen LogP) is 4.22. The fraction of sp³-hybridized carbons (Fsp3) is 0.280. The molecule has 1 unspecified atom stereocenters. The lowest BCUT2D eigenvalue weighted by molar-refractivity contribution is -0.137. The van der Waals surface area contributed by atoms with Gasteiger partial charge in [0.2, 0.25) is 0 Å². The van der Waals surface area contributed by atoms with Crippen molar-refractivity contribution in [3.05, 3.63) is 87.2 Å². The number of alkyl halides is 3. The quantitative estimate of drug-likeness (QED) is 0.384. The van der Waals surface area contributed by atoms with Gasteiger partial charge in [0, 0.05) is 23.5 Å². The number of rotatable bonds is 7. The first kappa shape index (κ1) is 25.0. The minimum absolute atomic E-state index is 0.0799. The van der Waals surface area contributed by atoms with Gasteiger partial charge >= 0.3 is 12.1 Å². The summed E-state index contributed by atoms with van der Waals surface area (Å²) in [6, 6.07) is 6.61. The van der Waals surface area contributed by atoms with E-state index in [0.717, 1.165) is 35.6 Å². The Hall–Kier alpha value is -4.15. The molecule has 1 amide bonds. The second-order valence-corrected chi connectivity index (χ2v) is 8.35. The number of hydrogen-bond acceptors (Lipinski definition) is 6. The van der Waals surface area contributed by atoms with Crippen molar-refractivity contribution in [1.29, 1.82) is 0 Å². The fourth-order valence-electron chi connectivity index (χ4n) is 3.87. The van der Waals surface area contributed by atoms with Crippen LogP contribution in [0.3, 0.4) is 0 Å². The van der Waals surface area contributed by atoms with Gasteiger partial charge in [0.15, 0.2) is 5.76 Å². The SMILES string of the molecule is COC(=O)C=Cc1cc(C(=O)NC(c2ccno2)C2CC2)c(=O)n(-c2cccc(C(F)(F)F)c2)c1C. The van der Waals surface area contributed by atoms with Crippen LogP contribution >= 0.6 is 0 Å². The highest BCUT2D eigenvalue weighted by Gasteiger charge is 2.36. The number of ether oxygens (including phenoxy) is 1. The van der Waals surface area contributed by atoms with Crippen LogP contribution in [0.2, 0.25) is 0 Å². The number of aromatic nitrogens is 2. The van der Waals surface area contributed by atoms with E-state index in [0.29, 0.717) is 5.76 Å². The molecule has 36 heavy (non-hydrogen) atoms. The summed E-state index contributed by atoms with van der Waals surface area (Å²) in [5, 5.41) is 6.46. The number of esters is 1. The summed E-state index contributed by atoms with van der Waals surface area (Å²) in [6.07, 6.45) is 0.925. The fourth-order valence-corrected chi connectivity index (χ4v) is 3.87. The first-order valence-electron chi connectivity index (χ1n) is 11.0. The molecule has 0 spiro atoms. The summed E-state index contributed by atoms with van der Waals surface area (Å²) in [7, 11) is 1.18. The number of methoxy groups -OCH3 is 1. The molecule has 8 nitrogen and oxygen atoms in total. The van der Waals surface area contributed by atoms with E-state index in [1.54, 1.807) is 6.07 Å². The third-order valence-corrected chi connectivity index (χ3v) is 5.91. The second-order valence-electron chi connectivity index (χ2n) is 8.35. The average Bonchev–Trinajstić information content (AvgIpc) is 3.54. The molecule has 4 rings (SSSR count). The van der Waals surface area contributed by atoms with E-state index in [9.17, 15) is 27.6 Å². The molecule has 188 valence electrons. The maximum Gasteiger partial charge on any atom is 0.416 e. The van der Waals surface area contributed by atoms with Gasteiger partial charge < -0.3 is 14.6 Å². The minimum atomic E-state index is -4.63. The topological polar surface area (TPSA) is 103 Å². The van der Waals surface area contributed by atoms with Crippen molar-refractivity contribution in [3.8, 4) is 5.69 Å². The number of carbonyl (C=O) groups is 2. The van der Waals surface area contributed by atoms with Crippen molar-refractivity contribution in [2.75, 3.05) is 7.11 Å². The Balaban J connectivity index is 1.83. The molecule has 11 heteroatoms. The van der Waals surface area contributed by atoms with Gasteiger partial charge in [0.1, 0.15) is 5.56 Å². The lowest BCUT2D eigenvalue weighted by atomic mass is 10.1. The molecule has 1 aliphatic carbocycles. The van der Waals surface area contributed by atoms with E-state index >= 15 is 0 Å². The lowest BCUT2D eigenvalue weighted by Gasteiger charge is -2.18. The molecule has 2 heterocycles. The Morgan fingerprint density at radius 3 is 2.61 bits per heavy atom. The zero-order valence-electron chi connectivity index (χ0n) is 19.3. The number of amides is 1. The maximum absolute atomic E-state index is 13.5. The van der Waals surface area contributed by atoms with E-state index < -0.39 is 35.2 Å². The van der Waals surface area contributed by atoms with Gasteiger partial charge in [-0.05, 0) is 61.6 Å². The molecular formula is C25H22F3N3O5. The second kappa shape index (κ2) is 9.84. The minimum Gasteiger partial charge on any atom is -0.466 e. The average molecular weight is 501 g/mol. The predicted molar refractivity (Wildman–Crippen MR) is 122 cm³/mol. The van der Waals surface area contributed by atoms with Crippen LogP contribution in [0.1, 0.15) is 51.8 Å². The summed E-state index contributed by atoms with van der Waals surface area (Å²) < 4.78 is 50.9. The van der Waals surface area contributed by atoms with Crippen molar-refractivity contribution in [2.45, 2.75) is 32.0 Å². The van der Waals surface area contributed by atoms with Gasteiger partial charge in [-0.3, -0.25) is 14.2 Å². The van der Waals surface area contributed by atoms with Crippen molar-refractivity contribution < 1.29 is 32.0 Å². The van der Waals surface area contributed by atoms with Gasteiger partial charge in [-0.2, -0.15) is 13.2 Å². The van der Waals surface area contributed by atoms with Gasteiger partial charge in [-0.1, -0.05) is 11.2 Å². The number of pyridine rings is 1. The standard InChI is InChI=1S/C25H22F3N3O5/c1-14-16(8-9-21(32)35-2)12-19(23(33)30-22(15-6-7-15)20-10-11-29-36-20)24(34)31(14)18-5-3-4-17(13-18)25(26,27)28/h3-5,8-13,15,22H,6-7H2,1-2H3,(H,30,33). The molecule has 1 fully saturated rings. The van der Waals surface area contributed by atoms with Gasteiger partial charge in [0.05, 0.1) is 24.9 Å². The number of nitrogens with one attached hydrogen (secondary N) is 1. The molecule has 1 aromatic carbocycles. The number of halogens is 3. The monoisotopic (exact) mass is 501 g/mol. The van der Waals surface area contributed by atoms with Gasteiger partial charge in [-0.15, -0.1) is 0 Å². The third-order valence-electron chi connectivity index (χ3n) is 5.91. The van der Waals surface area contributed by atoms with Gasteiger partial charge in [-0.25, -0.2) is 4.79 Å². The smallest absolute Gasteiger partial charge is 0.416 e. The molecule has 1 N–H and O–H groups in total. The number of carbonyl (C=O) groups excluding carboxylic acids is 2. The Labute approximate surface area is 203 Å². The van der Waals surface area contributed by atoms with E-state index in [1.165, 1.54) is 44.5 Å². The highest BCUT2D eigenvalue weighted by Crippen LogP contribution is 2.41. The van der Waals surface area contributed by atoms with Crippen molar-refractivity contribution >= 4 is 18.0 Å². The van der Waals surface area contributed by atoms with Crippen molar-refractivity contribution in [3.63, 3.8) is 0 Å². The van der Waals surface area contributed by atoms with E-state index in [-0.39, 0.29) is 28.4 Å². The molecule has 2 aromatic heterocycles. The van der Waals surface area contributed by atoms with Crippen molar-refractivity contribution in [2.24, 2.45) is 5.92 Å². The van der Waals surface area contributed by atoms with Crippen LogP contribution < -0.4 is 10.9 Å². The first-order chi connectivity index (χ1) is 17.1. The van der Waals surface area contributed by atoms with Crippen LogP contribution in [0, 0.1) is 12.8 Å². The molecule has 3 aromatic rings. The van der Waals surface area contributed by atoms with Gasteiger partial charge in [0.25, 0.3) is 11.5 Å². The van der Waals surface area contributed by atoms with Crippen molar-refractivity contribution in [1.82, 2.24) is 15.0 Å². The number of nitrogens with zero attached hydrogens (tertiary/aromatic N) is 2. The molecule has 1 saturated carbocycles. The molecule has 0 bridgehead atoms. The highest BCUT2D eigenvalue weighted by atomic mass is 19.4. The lowest BCUT2D eigenvalue weighted by Crippen LogP contribution is -2.36. The number of benzene rings is 1. The molecule has 0 radical (unpaired) electrons. The number of hydrogen-bond donors (Lipinski definition) is 1. The normalized spacial score (nSPS) is 14.6. The maximum atomic E-state index is 13.5. The molecule has 1 atom stereocenters. The Morgan fingerprint density at radius 2 is 2.00 bits per heavy atom. The van der Waals surface area contributed by atoms with Crippen LogP contribution in [0.25, 0.3) is 11.8 Å². The summed E-state index contributed by atoms with van der Waals surface area (Å²) >= 11 is 0. The summed E-state index contributed by atoms with van der Waals surface area (Å²) in [5.41, 5.74) is -1.66. The zero-order chi connectivity index (χ0) is 26.0. The summed E-state index contributed by atoms with van der Waals surface area (Å²) in [5.74, 6) is -0.878. The van der Waals surface area contributed by atoms with Crippen LogP contribution in [0.5, 0.6) is 0 Å². The molecule has 0 aliphatic heterocycles. The molecule has 0 saturated heterocycles. The van der Waals surface area contributed by atoms with Crippen LogP contribution in [0.15, 0.2) is 58.0 Å². The Bertz CT molecular complexity index is 1370. The zero-order valence-corrected chi connectivity index (χ0v) is 19.3. The first-order valence-corrected chi connectivity index (χ1v) is 11.0. The summed E-state index contributed by atoms with van der Waals surface area (Å²) in [6.45, 7) is 1.50. The third kappa shape index (κ3) is 5.24. The largest absolute Gasteiger partial charge is 0.466 e. The Morgan fingerprint density at radius 1 is 1.25 bits per heavy atom. The van der Waals surface area contributed by atoms with Crippen LogP contribution in [-0.4, -0.2) is 28.7 Å². The van der Waals surface area contributed by atoms with Crippen LogP contribution in [-0.2, 0) is 15.7 Å². The van der Waals surface area contributed by atoms with E-state index in [1.807, 2.05) is 0 Å². The van der Waals surface area contributed by atoms with E-state index in [4.69, 9.17) is 4.52 Å².